The minimum Gasteiger partial charge on any atom is -0.497 e. The van der Waals surface area contributed by atoms with Gasteiger partial charge in [0, 0.05) is 10.9 Å². The first kappa shape index (κ1) is 15.4. The molecule has 1 unspecified atom stereocenters. The van der Waals surface area contributed by atoms with Gasteiger partial charge in [-0.25, -0.2) is 0 Å². The fourth-order valence-corrected chi connectivity index (χ4v) is 3.50. The van der Waals surface area contributed by atoms with Crippen molar-refractivity contribution in [1.82, 2.24) is 5.32 Å². The molecule has 1 atom stereocenters. The van der Waals surface area contributed by atoms with Gasteiger partial charge in [0.1, 0.15) is 5.75 Å². The van der Waals surface area contributed by atoms with Crippen molar-refractivity contribution in [1.29, 1.82) is 0 Å². The number of benzene rings is 1. The van der Waals surface area contributed by atoms with Gasteiger partial charge in [-0.1, -0.05) is 30.7 Å². The number of likely N-dealkylation sites (N-methyl/N-ethyl adjacent to an activating group) is 1. The van der Waals surface area contributed by atoms with Crippen LogP contribution in [-0.2, 0) is 6.42 Å². The van der Waals surface area contributed by atoms with Crippen LogP contribution in [-0.4, -0.2) is 13.7 Å². The van der Waals surface area contributed by atoms with E-state index in [-0.39, 0.29) is 0 Å². The summed E-state index contributed by atoms with van der Waals surface area (Å²) in [6.07, 6.45) is 0.932. The van der Waals surface area contributed by atoms with Crippen molar-refractivity contribution in [3.05, 3.63) is 50.7 Å². The predicted octanol–water partition coefficient (Wildman–Crippen LogP) is 4.61. The molecular weight excluding hydrogens is 290 g/mol. The molecule has 1 heterocycles. The zero-order valence-corrected chi connectivity index (χ0v) is 13.6. The summed E-state index contributed by atoms with van der Waals surface area (Å²) in [4.78, 5) is 1.29. The molecular formula is C16H20ClNOS. The number of thiophene rings is 1. The van der Waals surface area contributed by atoms with Crippen LogP contribution in [0.4, 0.5) is 0 Å². The van der Waals surface area contributed by atoms with Gasteiger partial charge in [0.25, 0.3) is 0 Å². The summed E-state index contributed by atoms with van der Waals surface area (Å²) in [5.74, 6) is 0.901. The number of hydrogen-bond donors (Lipinski definition) is 1. The lowest BCUT2D eigenvalue weighted by Gasteiger charge is -2.17. The summed E-state index contributed by atoms with van der Waals surface area (Å²) in [5.41, 5.74) is 2.41. The van der Waals surface area contributed by atoms with E-state index in [1.807, 2.05) is 12.1 Å². The van der Waals surface area contributed by atoms with Gasteiger partial charge >= 0.3 is 0 Å². The highest BCUT2D eigenvalue weighted by molar-refractivity contribution is 7.16. The number of nitrogens with one attached hydrogen (secondary N) is 1. The SMILES string of the molecule is CCNC(Cc1cccc(OC)c1)c1cc(C)c(Cl)s1. The standard InChI is InChI=1S/C16H20ClNOS/c1-4-18-14(15-8-11(2)16(17)20-15)10-12-6-5-7-13(9-12)19-3/h5-9,14,18H,4,10H2,1-3H3. The zero-order valence-electron chi connectivity index (χ0n) is 12.1. The minimum absolute atomic E-state index is 0.295. The summed E-state index contributed by atoms with van der Waals surface area (Å²) in [5, 5.41) is 3.54. The van der Waals surface area contributed by atoms with Gasteiger partial charge in [0.05, 0.1) is 11.4 Å². The number of rotatable bonds is 6. The van der Waals surface area contributed by atoms with E-state index in [9.17, 15) is 0 Å². The topological polar surface area (TPSA) is 21.3 Å². The average molecular weight is 310 g/mol. The molecule has 0 amide bonds. The fraction of sp³-hybridized carbons (Fsp3) is 0.375. The van der Waals surface area contributed by atoms with Crippen LogP contribution < -0.4 is 10.1 Å². The van der Waals surface area contributed by atoms with Crippen LogP contribution >= 0.6 is 22.9 Å². The van der Waals surface area contributed by atoms with Crippen LogP contribution in [0.1, 0.15) is 29.0 Å². The average Bonchev–Trinajstić information content (AvgIpc) is 2.78. The molecule has 0 radical (unpaired) electrons. The lowest BCUT2D eigenvalue weighted by molar-refractivity contribution is 0.414. The van der Waals surface area contributed by atoms with Gasteiger partial charge in [-0.15, -0.1) is 11.3 Å². The number of methoxy groups -OCH3 is 1. The van der Waals surface area contributed by atoms with Crippen LogP contribution in [0, 0.1) is 6.92 Å². The number of halogens is 1. The van der Waals surface area contributed by atoms with E-state index in [1.165, 1.54) is 10.4 Å². The second-order valence-corrected chi connectivity index (χ2v) is 6.46. The van der Waals surface area contributed by atoms with Crippen molar-refractivity contribution in [2.75, 3.05) is 13.7 Å². The van der Waals surface area contributed by atoms with E-state index in [1.54, 1.807) is 18.4 Å². The first-order chi connectivity index (χ1) is 9.63. The molecule has 0 saturated heterocycles. The van der Waals surface area contributed by atoms with Gasteiger partial charge < -0.3 is 10.1 Å². The Hall–Kier alpha value is -1.03. The Morgan fingerprint density at radius 3 is 2.75 bits per heavy atom. The van der Waals surface area contributed by atoms with Crippen molar-refractivity contribution in [2.45, 2.75) is 26.3 Å². The molecule has 1 aromatic heterocycles. The van der Waals surface area contributed by atoms with E-state index in [0.29, 0.717) is 6.04 Å². The quantitative estimate of drug-likeness (QED) is 0.841. The van der Waals surface area contributed by atoms with Crippen molar-refractivity contribution in [3.8, 4) is 5.75 Å². The third-order valence-corrected chi connectivity index (χ3v) is 4.91. The molecule has 0 saturated carbocycles. The maximum Gasteiger partial charge on any atom is 0.119 e. The highest BCUT2D eigenvalue weighted by Gasteiger charge is 2.15. The fourth-order valence-electron chi connectivity index (χ4n) is 2.21. The minimum atomic E-state index is 0.295. The van der Waals surface area contributed by atoms with Crippen LogP contribution in [0.5, 0.6) is 5.75 Å². The van der Waals surface area contributed by atoms with Crippen molar-refractivity contribution in [3.63, 3.8) is 0 Å². The van der Waals surface area contributed by atoms with Gasteiger partial charge in [0.2, 0.25) is 0 Å². The number of hydrogen-bond acceptors (Lipinski definition) is 3. The second kappa shape index (κ2) is 7.11. The Labute approximate surface area is 129 Å². The normalized spacial score (nSPS) is 12.4. The lowest BCUT2D eigenvalue weighted by Crippen LogP contribution is -2.22. The summed E-state index contributed by atoms with van der Waals surface area (Å²) in [7, 11) is 1.70. The molecule has 0 bridgehead atoms. The summed E-state index contributed by atoms with van der Waals surface area (Å²) in [6.45, 7) is 5.11. The van der Waals surface area contributed by atoms with Crippen LogP contribution in [0.25, 0.3) is 0 Å². The number of aryl methyl sites for hydroxylation is 1. The molecule has 2 aromatic rings. The van der Waals surface area contributed by atoms with Crippen molar-refractivity contribution >= 4 is 22.9 Å². The molecule has 108 valence electrons. The molecule has 0 aliphatic heterocycles. The monoisotopic (exact) mass is 309 g/mol. The van der Waals surface area contributed by atoms with E-state index < -0.39 is 0 Å². The molecule has 2 rings (SSSR count). The zero-order chi connectivity index (χ0) is 14.5. The Morgan fingerprint density at radius 1 is 1.35 bits per heavy atom. The Balaban J connectivity index is 2.20. The second-order valence-electron chi connectivity index (χ2n) is 4.77. The van der Waals surface area contributed by atoms with Crippen molar-refractivity contribution in [2.24, 2.45) is 0 Å². The maximum atomic E-state index is 6.20. The Kier molecular flexibility index (Phi) is 5.46. The predicted molar refractivity (Wildman–Crippen MR) is 87.2 cm³/mol. The lowest BCUT2D eigenvalue weighted by atomic mass is 10.0. The van der Waals surface area contributed by atoms with E-state index in [4.69, 9.17) is 16.3 Å². The highest BCUT2D eigenvalue weighted by atomic mass is 35.5. The summed E-state index contributed by atoms with van der Waals surface area (Å²) in [6, 6.07) is 10.7. The van der Waals surface area contributed by atoms with Gasteiger partial charge in [0.15, 0.2) is 0 Å². The van der Waals surface area contributed by atoms with E-state index in [2.05, 4.69) is 37.4 Å². The molecule has 2 nitrogen and oxygen atoms in total. The van der Waals surface area contributed by atoms with Crippen molar-refractivity contribution < 1.29 is 4.74 Å². The Morgan fingerprint density at radius 2 is 2.15 bits per heavy atom. The molecule has 0 fully saturated rings. The molecule has 1 N–H and O–H groups in total. The first-order valence-corrected chi connectivity index (χ1v) is 7.95. The number of ether oxygens (including phenoxy) is 1. The summed E-state index contributed by atoms with van der Waals surface area (Å²) < 4.78 is 6.17. The maximum absolute atomic E-state index is 6.20. The smallest absolute Gasteiger partial charge is 0.119 e. The molecule has 0 spiro atoms. The highest BCUT2D eigenvalue weighted by Crippen LogP contribution is 2.32. The van der Waals surface area contributed by atoms with E-state index >= 15 is 0 Å². The van der Waals surface area contributed by atoms with Gasteiger partial charge in [-0.3, -0.25) is 0 Å². The van der Waals surface area contributed by atoms with Crippen LogP contribution in [0.15, 0.2) is 30.3 Å². The van der Waals surface area contributed by atoms with Gasteiger partial charge in [-0.2, -0.15) is 0 Å². The van der Waals surface area contributed by atoms with Crippen LogP contribution in [0.3, 0.4) is 0 Å². The third kappa shape index (κ3) is 3.75. The third-order valence-electron chi connectivity index (χ3n) is 3.24. The Bertz CT molecular complexity index is 548. The van der Waals surface area contributed by atoms with Gasteiger partial charge in [-0.05, 0) is 49.2 Å². The largest absolute Gasteiger partial charge is 0.497 e. The molecule has 4 heteroatoms. The van der Waals surface area contributed by atoms with Crippen LogP contribution in [0.2, 0.25) is 4.34 Å². The molecule has 0 aliphatic carbocycles. The van der Waals surface area contributed by atoms with E-state index in [0.717, 1.165) is 28.6 Å². The molecule has 0 aliphatic rings. The molecule has 20 heavy (non-hydrogen) atoms. The molecule has 1 aromatic carbocycles. The first-order valence-electron chi connectivity index (χ1n) is 6.76. The summed E-state index contributed by atoms with van der Waals surface area (Å²) >= 11 is 7.86.